The normalized spacial score (nSPS) is 13.5. The van der Waals surface area contributed by atoms with E-state index in [1.807, 2.05) is 60.7 Å². The van der Waals surface area contributed by atoms with Crippen LogP contribution in [0.4, 0.5) is 0 Å². The first-order chi connectivity index (χ1) is 11.2. The van der Waals surface area contributed by atoms with Crippen molar-refractivity contribution in [3.63, 3.8) is 0 Å². The Morgan fingerprint density at radius 3 is 2.00 bits per heavy atom. The molecule has 0 aliphatic heterocycles. The van der Waals surface area contributed by atoms with Gasteiger partial charge in [0.15, 0.2) is 5.78 Å². The summed E-state index contributed by atoms with van der Waals surface area (Å²) in [5.74, 6) is -0.211. The highest BCUT2D eigenvalue weighted by molar-refractivity contribution is 5.81. The van der Waals surface area contributed by atoms with Gasteiger partial charge in [0, 0.05) is 0 Å². The van der Waals surface area contributed by atoms with Gasteiger partial charge in [-0.2, -0.15) is 0 Å². The Labute approximate surface area is 136 Å². The first-order valence-electron chi connectivity index (χ1n) is 7.62. The molecule has 2 atom stereocenters. The Morgan fingerprint density at radius 2 is 1.48 bits per heavy atom. The van der Waals surface area contributed by atoms with Crippen molar-refractivity contribution in [1.29, 1.82) is 0 Å². The SMILES string of the molecule is CC(=O)[C@@H](OCc1ccccc1)[C@H](O)COCc1ccccc1. The summed E-state index contributed by atoms with van der Waals surface area (Å²) in [5, 5.41) is 10.2. The van der Waals surface area contributed by atoms with Crippen molar-refractivity contribution in [3.8, 4) is 0 Å². The van der Waals surface area contributed by atoms with Crippen molar-refractivity contribution in [1.82, 2.24) is 0 Å². The fourth-order valence-electron chi connectivity index (χ4n) is 2.22. The molecule has 0 unspecified atom stereocenters. The number of ether oxygens (including phenoxy) is 2. The molecule has 0 aliphatic rings. The highest BCUT2D eigenvalue weighted by Crippen LogP contribution is 2.09. The van der Waals surface area contributed by atoms with Gasteiger partial charge in [-0.25, -0.2) is 0 Å². The summed E-state index contributed by atoms with van der Waals surface area (Å²) in [7, 11) is 0. The van der Waals surface area contributed by atoms with Gasteiger partial charge in [0.2, 0.25) is 0 Å². The molecule has 0 aliphatic carbocycles. The van der Waals surface area contributed by atoms with Gasteiger partial charge in [0.1, 0.15) is 12.2 Å². The van der Waals surface area contributed by atoms with Crippen LogP contribution in [0.3, 0.4) is 0 Å². The number of carbonyl (C=O) groups is 1. The summed E-state index contributed by atoms with van der Waals surface area (Å²) in [6, 6.07) is 19.2. The minimum Gasteiger partial charge on any atom is -0.388 e. The summed E-state index contributed by atoms with van der Waals surface area (Å²) in [5.41, 5.74) is 1.97. The van der Waals surface area contributed by atoms with E-state index in [0.717, 1.165) is 11.1 Å². The molecule has 4 heteroatoms. The summed E-state index contributed by atoms with van der Waals surface area (Å²) in [6.45, 7) is 2.13. The topological polar surface area (TPSA) is 55.8 Å². The Balaban J connectivity index is 1.81. The molecular formula is C19H22O4. The van der Waals surface area contributed by atoms with Crippen LogP contribution in [0.15, 0.2) is 60.7 Å². The smallest absolute Gasteiger partial charge is 0.161 e. The predicted molar refractivity (Wildman–Crippen MR) is 87.8 cm³/mol. The fourth-order valence-corrected chi connectivity index (χ4v) is 2.22. The minimum atomic E-state index is -0.986. The molecule has 2 aromatic carbocycles. The Bertz CT molecular complexity index is 583. The second-order valence-electron chi connectivity index (χ2n) is 5.40. The second-order valence-corrected chi connectivity index (χ2v) is 5.40. The van der Waals surface area contributed by atoms with E-state index >= 15 is 0 Å². The van der Waals surface area contributed by atoms with Gasteiger partial charge in [0.05, 0.1) is 19.8 Å². The maximum atomic E-state index is 11.7. The molecule has 0 radical (unpaired) electrons. The molecule has 0 fully saturated rings. The van der Waals surface area contributed by atoms with Crippen LogP contribution in [0.5, 0.6) is 0 Å². The lowest BCUT2D eigenvalue weighted by Crippen LogP contribution is -2.38. The van der Waals surface area contributed by atoms with Crippen LogP contribution in [0, 0.1) is 0 Å². The average Bonchev–Trinajstić information content (AvgIpc) is 2.56. The lowest BCUT2D eigenvalue weighted by Gasteiger charge is -2.21. The zero-order valence-electron chi connectivity index (χ0n) is 13.2. The van der Waals surface area contributed by atoms with Crippen LogP contribution in [0.25, 0.3) is 0 Å². The minimum absolute atomic E-state index is 0.0495. The largest absolute Gasteiger partial charge is 0.388 e. The van der Waals surface area contributed by atoms with E-state index in [2.05, 4.69) is 0 Å². The molecule has 0 saturated carbocycles. The second kappa shape index (κ2) is 9.20. The molecular weight excluding hydrogens is 292 g/mol. The van der Waals surface area contributed by atoms with Gasteiger partial charge >= 0.3 is 0 Å². The van der Waals surface area contributed by atoms with Crippen molar-refractivity contribution < 1.29 is 19.4 Å². The highest BCUT2D eigenvalue weighted by atomic mass is 16.5. The fraction of sp³-hybridized carbons (Fsp3) is 0.316. The third-order valence-electron chi connectivity index (χ3n) is 3.42. The summed E-state index contributed by atoms with van der Waals surface area (Å²) >= 11 is 0. The van der Waals surface area contributed by atoms with Crippen molar-refractivity contribution in [3.05, 3.63) is 71.8 Å². The molecule has 0 saturated heterocycles. The molecule has 0 spiro atoms. The first kappa shape index (κ1) is 17.3. The molecule has 0 heterocycles. The number of aliphatic hydroxyl groups is 1. The van der Waals surface area contributed by atoms with Crippen molar-refractivity contribution in [2.45, 2.75) is 32.3 Å². The Kier molecular flexibility index (Phi) is 6.94. The lowest BCUT2D eigenvalue weighted by atomic mass is 10.1. The first-order valence-corrected chi connectivity index (χ1v) is 7.62. The van der Waals surface area contributed by atoms with Gasteiger partial charge in [0.25, 0.3) is 0 Å². The number of rotatable bonds is 9. The number of hydrogen-bond acceptors (Lipinski definition) is 4. The number of aliphatic hydroxyl groups excluding tert-OH is 1. The molecule has 4 nitrogen and oxygen atoms in total. The zero-order valence-corrected chi connectivity index (χ0v) is 13.2. The maximum absolute atomic E-state index is 11.7. The Morgan fingerprint density at radius 1 is 0.957 bits per heavy atom. The van der Waals surface area contributed by atoms with Gasteiger partial charge in [-0.05, 0) is 18.1 Å². The van der Waals surface area contributed by atoms with Crippen LogP contribution in [-0.4, -0.2) is 29.7 Å². The van der Waals surface area contributed by atoms with Crippen LogP contribution in [0.2, 0.25) is 0 Å². The maximum Gasteiger partial charge on any atom is 0.161 e. The van der Waals surface area contributed by atoms with E-state index in [-0.39, 0.29) is 19.0 Å². The predicted octanol–water partition coefficient (Wildman–Crippen LogP) is 2.74. The van der Waals surface area contributed by atoms with E-state index in [0.29, 0.717) is 6.61 Å². The number of ketones is 1. The molecule has 2 aromatic rings. The summed E-state index contributed by atoms with van der Waals surface area (Å²) in [4.78, 5) is 11.7. The molecule has 23 heavy (non-hydrogen) atoms. The highest BCUT2D eigenvalue weighted by Gasteiger charge is 2.24. The molecule has 0 amide bonds. The third kappa shape index (κ3) is 5.94. The van der Waals surface area contributed by atoms with E-state index in [1.165, 1.54) is 6.92 Å². The zero-order chi connectivity index (χ0) is 16.5. The van der Waals surface area contributed by atoms with Gasteiger partial charge in [-0.15, -0.1) is 0 Å². The van der Waals surface area contributed by atoms with Crippen LogP contribution >= 0.6 is 0 Å². The van der Waals surface area contributed by atoms with Crippen LogP contribution in [0.1, 0.15) is 18.1 Å². The summed E-state index contributed by atoms with van der Waals surface area (Å²) in [6.07, 6.45) is -1.87. The number of carbonyl (C=O) groups excluding carboxylic acids is 1. The monoisotopic (exact) mass is 314 g/mol. The third-order valence-corrected chi connectivity index (χ3v) is 3.42. The van der Waals surface area contributed by atoms with Gasteiger partial charge < -0.3 is 14.6 Å². The number of benzene rings is 2. The van der Waals surface area contributed by atoms with Crippen LogP contribution < -0.4 is 0 Å². The van der Waals surface area contributed by atoms with E-state index in [4.69, 9.17) is 9.47 Å². The standard InChI is InChI=1S/C19H22O4/c1-15(20)19(23-13-17-10-6-3-7-11-17)18(21)14-22-12-16-8-4-2-5-9-16/h2-11,18-19,21H,12-14H2,1H3/t18-,19-/m1/s1. The van der Waals surface area contributed by atoms with E-state index < -0.39 is 12.2 Å². The molecule has 122 valence electrons. The molecule has 0 bridgehead atoms. The molecule has 2 rings (SSSR count). The van der Waals surface area contributed by atoms with E-state index in [1.54, 1.807) is 0 Å². The number of Topliss-reactive ketones (excluding diaryl/α,β-unsaturated/α-hetero) is 1. The van der Waals surface area contributed by atoms with Crippen LogP contribution in [-0.2, 0) is 27.5 Å². The quantitative estimate of drug-likeness (QED) is 0.773. The van der Waals surface area contributed by atoms with Crippen molar-refractivity contribution in [2.24, 2.45) is 0 Å². The van der Waals surface area contributed by atoms with E-state index in [9.17, 15) is 9.90 Å². The Hall–Kier alpha value is -2.01. The molecule has 0 aromatic heterocycles. The summed E-state index contributed by atoms with van der Waals surface area (Å²) < 4.78 is 11.1. The van der Waals surface area contributed by atoms with Crippen molar-refractivity contribution >= 4 is 5.78 Å². The van der Waals surface area contributed by atoms with Gasteiger partial charge in [-0.3, -0.25) is 4.79 Å². The van der Waals surface area contributed by atoms with Crippen molar-refractivity contribution in [2.75, 3.05) is 6.61 Å². The molecule has 1 N–H and O–H groups in total. The lowest BCUT2D eigenvalue weighted by molar-refractivity contribution is -0.141. The average molecular weight is 314 g/mol. The number of hydrogen-bond donors (Lipinski definition) is 1. The van der Waals surface area contributed by atoms with Gasteiger partial charge in [-0.1, -0.05) is 60.7 Å².